The molecule has 0 aliphatic heterocycles. The maximum atomic E-state index is 7.52. The second kappa shape index (κ2) is 38.2. The third-order valence-electron chi connectivity index (χ3n) is 15.5. The lowest BCUT2D eigenvalue weighted by Crippen LogP contribution is -2.15. The maximum Gasteiger partial charge on any atom is 0.137 e. The summed E-state index contributed by atoms with van der Waals surface area (Å²) >= 11 is 0. The van der Waals surface area contributed by atoms with Crippen LogP contribution < -0.4 is 0 Å². The van der Waals surface area contributed by atoms with Crippen molar-refractivity contribution >= 4 is 21.8 Å². The molecule has 528 valence electrons. The highest BCUT2D eigenvalue weighted by atomic mass is 15.1. The molecule has 0 amide bonds. The van der Waals surface area contributed by atoms with E-state index in [4.69, 9.17) is 13.2 Å². The molecule has 0 aliphatic carbocycles. The lowest BCUT2D eigenvalue weighted by molar-refractivity contribution is 0.564. The van der Waals surface area contributed by atoms with Crippen LogP contribution in [0.1, 0.15) is 222 Å². The number of nitrogens with zero attached hydrogens (tertiary/aromatic N) is 7. The molecule has 0 bridgehead atoms. The van der Waals surface area contributed by atoms with Crippen LogP contribution in [0.3, 0.4) is 0 Å². The summed E-state index contributed by atoms with van der Waals surface area (Å²) in [6.45, 7) is 34.2. The summed E-state index contributed by atoms with van der Waals surface area (Å²) in [4.78, 5) is 26.3. The minimum absolute atomic E-state index is 0. The molecule has 7 nitrogen and oxygen atoms in total. The lowest BCUT2D eigenvalue weighted by Gasteiger charge is -2.22. The molecule has 7 heteroatoms. The molecular weight excluding hydrogens is 1200 g/mol. The van der Waals surface area contributed by atoms with Gasteiger partial charge in [-0.15, -0.1) is 0 Å². The Bertz CT molecular complexity index is 4380. The predicted octanol–water partition coefficient (Wildman–Crippen LogP) is 26.8. The molecule has 0 unspecified atom stereocenters. The van der Waals surface area contributed by atoms with E-state index in [1.165, 1.54) is 55.2 Å². The van der Waals surface area contributed by atoms with Crippen LogP contribution in [-0.2, 0) is 32.5 Å². The van der Waals surface area contributed by atoms with Gasteiger partial charge in [-0.2, -0.15) is 0 Å². The normalized spacial score (nSPS) is 12.1. The van der Waals surface area contributed by atoms with Crippen LogP contribution in [0.5, 0.6) is 0 Å². The first-order chi connectivity index (χ1) is 46.2. The fourth-order valence-electron chi connectivity index (χ4n) is 10.3. The zero-order valence-electron chi connectivity index (χ0n) is 64.3. The largest absolute Gasteiger partial charge is 0.294 e. The molecule has 0 N–H and O–H groups in total. The molecule has 12 aromatic rings. The minimum atomic E-state index is -2.17. The highest BCUT2D eigenvalue weighted by Crippen LogP contribution is 2.35. The van der Waals surface area contributed by atoms with Gasteiger partial charge in [-0.25, -0.2) is 4.98 Å². The highest BCUT2D eigenvalue weighted by molar-refractivity contribution is 6.09. The molecule has 0 saturated heterocycles. The zero-order chi connectivity index (χ0) is 72.8. The molecule has 0 spiro atoms. The van der Waals surface area contributed by atoms with Crippen LogP contribution >= 0.6 is 0 Å². The fourth-order valence-corrected chi connectivity index (χ4v) is 10.3. The summed E-state index contributed by atoms with van der Waals surface area (Å²) in [5.74, 6) is 0.968. The summed E-state index contributed by atoms with van der Waals surface area (Å²) in [7, 11) is 0. The predicted molar refractivity (Wildman–Crippen MR) is 438 cm³/mol. The van der Waals surface area contributed by atoms with E-state index in [0.717, 1.165) is 34.0 Å². The monoisotopic (exact) mass is 1330 g/mol. The average Bonchev–Trinajstić information content (AvgIpc) is 1.61. The van der Waals surface area contributed by atoms with Gasteiger partial charge in [0.1, 0.15) is 5.82 Å². The van der Waals surface area contributed by atoms with E-state index in [-0.39, 0.29) is 82.7 Å². The molecule has 5 aromatic carbocycles. The number of fused-ring (bicyclic) bond motifs is 3. The second-order valence-corrected chi connectivity index (χ2v) is 29.4. The van der Waals surface area contributed by atoms with Gasteiger partial charge in [-0.1, -0.05) is 327 Å². The van der Waals surface area contributed by atoms with Crippen molar-refractivity contribution in [2.75, 3.05) is 0 Å². The SMILES string of the molecule is C.C.C.C.C.C.CC(C)(C)c1ccc(-c2ccccc2)nc1.CC(C)(C)c1ccc(-n2c3ccccc3c3ccccc32)nc1.CC(C)(C)c1ccncc1.CC(C)(C)c1ncccc1-c1ccccc1.[2H]C([2H])([2H])c1ccc(-c2ccccc2)c(C(C)(C)C)n1.[2H]C([2H])([2H])c1cccnc1C(C)(C)C. The Morgan fingerprint density at radius 2 is 0.717 bits per heavy atom. The van der Waals surface area contributed by atoms with Crippen molar-refractivity contribution in [1.29, 1.82) is 0 Å². The minimum Gasteiger partial charge on any atom is -0.294 e. The van der Waals surface area contributed by atoms with Gasteiger partial charge >= 0.3 is 0 Å². The number of benzene rings is 5. The molecule has 7 aromatic heterocycles. The molecule has 0 saturated carbocycles. The Balaban J connectivity index is 0.000000633. The van der Waals surface area contributed by atoms with E-state index in [2.05, 4.69) is 240 Å². The van der Waals surface area contributed by atoms with Crippen molar-refractivity contribution in [1.82, 2.24) is 34.5 Å². The molecule has 12 rings (SSSR count). The maximum absolute atomic E-state index is 7.52. The summed E-state index contributed by atoms with van der Waals surface area (Å²) in [5, 5.41) is 2.54. The van der Waals surface area contributed by atoms with E-state index < -0.39 is 13.7 Å². The zero-order valence-corrected chi connectivity index (χ0v) is 58.3. The van der Waals surface area contributed by atoms with Gasteiger partial charge in [0.05, 0.1) is 28.1 Å². The van der Waals surface area contributed by atoms with Gasteiger partial charge in [-0.3, -0.25) is 29.5 Å². The number of aromatic nitrogens is 7. The molecular formula is C92H125N7. The first kappa shape index (κ1) is 77.2. The van der Waals surface area contributed by atoms with Gasteiger partial charge in [0.15, 0.2) is 0 Å². The first-order valence-electron chi connectivity index (χ1n) is 35.2. The van der Waals surface area contributed by atoms with Crippen molar-refractivity contribution in [3.8, 4) is 39.3 Å². The average molecular weight is 1340 g/mol. The molecule has 0 fully saturated rings. The van der Waals surface area contributed by atoms with Crippen LogP contribution in [0.15, 0.2) is 250 Å². The van der Waals surface area contributed by atoms with Crippen LogP contribution in [-0.4, -0.2) is 34.5 Å². The Kier molecular flexibility index (Phi) is 29.8. The Morgan fingerprint density at radius 3 is 1.11 bits per heavy atom. The number of aryl methyl sites for hydroxylation is 2. The second-order valence-electron chi connectivity index (χ2n) is 29.4. The van der Waals surface area contributed by atoms with E-state index in [9.17, 15) is 0 Å². The Morgan fingerprint density at radius 1 is 0.303 bits per heavy atom. The van der Waals surface area contributed by atoms with Crippen molar-refractivity contribution in [3.63, 3.8) is 0 Å². The first-order valence-corrected chi connectivity index (χ1v) is 32.2. The molecule has 99 heavy (non-hydrogen) atoms. The third kappa shape index (κ3) is 24.9. The number of hydrogen-bond donors (Lipinski definition) is 0. The van der Waals surface area contributed by atoms with Crippen LogP contribution in [0.2, 0.25) is 0 Å². The Hall–Kier alpha value is -9.20. The van der Waals surface area contributed by atoms with E-state index in [0.29, 0.717) is 11.3 Å². The van der Waals surface area contributed by atoms with Crippen molar-refractivity contribution in [3.05, 3.63) is 295 Å². The van der Waals surface area contributed by atoms with Gasteiger partial charge in [0, 0.05) is 101 Å². The summed E-state index contributed by atoms with van der Waals surface area (Å²) in [5.41, 5.74) is 16.3. The topological polar surface area (TPSA) is 82.3 Å². The Labute approximate surface area is 610 Å². The van der Waals surface area contributed by atoms with E-state index >= 15 is 0 Å². The summed E-state index contributed by atoms with van der Waals surface area (Å²) in [6, 6.07) is 71.2. The summed E-state index contributed by atoms with van der Waals surface area (Å²) < 4.78 is 47.0. The molecule has 0 atom stereocenters. The van der Waals surface area contributed by atoms with Crippen molar-refractivity contribution < 1.29 is 8.22 Å². The fraction of sp³-hybridized carbons (Fsp3) is 0.348. The molecule has 7 heterocycles. The highest BCUT2D eigenvalue weighted by Gasteiger charge is 2.23. The van der Waals surface area contributed by atoms with Crippen LogP contribution in [0.25, 0.3) is 61.1 Å². The van der Waals surface area contributed by atoms with Gasteiger partial charge in [-0.05, 0) is 118 Å². The van der Waals surface area contributed by atoms with E-state index in [1.807, 2.05) is 139 Å². The molecule has 0 radical (unpaired) electrons. The smallest absolute Gasteiger partial charge is 0.137 e. The van der Waals surface area contributed by atoms with Gasteiger partial charge in [0.25, 0.3) is 0 Å². The van der Waals surface area contributed by atoms with Crippen molar-refractivity contribution in [2.24, 2.45) is 0 Å². The summed E-state index contributed by atoms with van der Waals surface area (Å²) in [6.07, 6.45) is 11.1. The van der Waals surface area contributed by atoms with Crippen LogP contribution in [0.4, 0.5) is 0 Å². The lowest BCUT2D eigenvalue weighted by atomic mass is 9.86. The number of para-hydroxylation sites is 2. The number of pyridine rings is 6. The number of rotatable bonds is 4. The third-order valence-corrected chi connectivity index (χ3v) is 15.5. The van der Waals surface area contributed by atoms with Crippen molar-refractivity contribution in [2.45, 2.75) is 215 Å². The standard InChI is InChI=1S/C21H20N2.C16H19N.2C15H17N.C10H15N.C9H13N.6CH4/c1-21(2,3)15-12-13-20(22-14-15)23-18-10-6-4-8-16(18)17-9-5-7-11-19(17)23;1-12-10-11-14(13-8-6-5-7-9-13)15(17-12)16(2,3)4;1-15(2,3)14-13(10-7-11-16-14)12-8-5-4-6-9-12;1-15(2,3)13-9-10-14(16-11-13)12-7-5-4-6-8-12;1-8-6-5-7-11-9(8)10(2,3)4;1-9(2,3)8-4-6-10-7-5-8;;;;;;/h4-14H,1-3H3;5-11H,1-4H3;2*4-11H,1-3H3;5-7H,1-4H3;4-7H,1-3H3;6*1H4/i;1D3;;;1D3;;;;;;;. The quantitative estimate of drug-likeness (QED) is 0.175. The van der Waals surface area contributed by atoms with Gasteiger partial charge < -0.3 is 0 Å². The van der Waals surface area contributed by atoms with Crippen LogP contribution in [0, 0.1) is 13.7 Å². The number of hydrogen-bond acceptors (Lipinski definition) is 6. The molecule has 0 aliphatic rings. The van der Waals surface area contributed by atoms with Gasteiger partial charge in [0.2, 0.25) is 0 Å². The van der Waals surface area contributed by atoms with E-state index in [1.54, 1.807) is 24.4 Å².